The van der Waals surface area contributed by atoms with Crippen LogP contribution in [0.4, 0.5) is 0 Å². The highest BCUT2D eigenvalue weighted by Gasteiger charge is 2.12. The number of benzene rings is 1. The number of nitrogens with one attached hydrogen (secondary N) is 1. The molecule has 0 saturated heterocycles. The summed E-state index contributed by atoms with van der Waals surface area (Å²) in [6, 6.07) is 7.14. The predicted octanol–water partition coefficient (Wildman–Crippen LogP) is 3.00. The molecule has 0 saturated carbocycles. The van der Waals surface area contributed by atoms with Crippen molar-refractivity contribution >= 4 is 11.8 Å². The lowest BCUT2D eigenvalue weighted by Gasteiger charge is -2.04. The lowest BCUT2D eigenvalue weighted by molar-refractivity contribution is 0.382. The molecule has 112 valence electrons. The molecular weight excluding hydrogens is 282 g/mol. The molecule has 1 aliphatic carbocycles. The quantitative estimate of drug-likeness (QED) is 0.831. The Morgan fingerprint density at radius 1 is 1.33 bits per heavy atom. The van der Waals surface area contributed by atoms with E-state index in [0.717, 1.165) is 18.0 Å². The van der Waals surface area contributed by atoms with Crippen molar-refractivity contribution in [1.82, 2.24) is 15.5 Å². The molecule has 1 unspecified atom stereocenters. The molecule has 5 heteroatoms. The van der Waals surface area contributed by atoms with E-state index in [0.29, 0.717) is 11.9 Å². The van der Waals surface area contributed by atoms with Crippen LogP contribution in [0.2, 0.25) is 0 Å². The number of nitrogens with zero attached hydrogens (tertiary/aromatic N) is 2. The Balaban J connectivity index is 1.57. The maximum atomic E-state index is 5.31. The lowest BCUT2D eigenvalue weighted by atomic mass is 10.1. The molecule has 1 atom stereocenters. The average molecular weight is 303 g/mol. The Labute approximate surface area is 129 Å². The number of thioether (sulfide) groups is 1. The minimum atomic E-state index is 0.361. The van der Waals surface area contributed by atoms with E-state index in [2.05, 4.69) is 40.6 Å². The number of aryl methyl sites for hydroxylation is 2. The van der Waals surface area contributed by atoms with Gasteiger partial charge < -0.3 is 9.84 Å². The number of aromatic nitrogens is 2. The molecule has 0 fully saturated rings. The first-order valence-electron chi connectivity index (χ1n) is 7.48. The van der Waals surface area contributed by atoms with Gasteiger partial charge in [0.15, 0.2) is 5.82 Å². The van der Waals surface area contributed by atoms with Crippen LogP contribution in [0.5, 0.6) is 0 Å². The fourth-order valence-electron chi connectivity index (χ4n) is 2.59. The zero-order valence-corrected chi connectivity index (χ0v) is 13.4. The van der Waals surface area contributed by atoms with Crippen LogP contribution in [0.3, 0.4) is 0 Å². The summed E-state index contributed by atoms with van der Waals surface area (Å²) in [5.41, 5.74) is 3.02. The molecule has 1 aromatic heterocycles. The summed E-state index contributed by atoms with van der Waals surface area (Å²) in [5, 5.41) is 7.21. The molecule has 2 aromatic rings. The van der Waals surface area contributed by atoms with Crippen molar-refractivity contribution in [2.24, 2.45) is 0 Å². The van der Waals surface area contributed by atoms with Gasteiger partial charge in [-0.3, -0.25) is 0 Å². The van der Waals surface area contributed by atoms with Crippen LogP contribution < -0.4 is 5.32 Å². The van der Waals surface area contributed by atoms with E-state index in [1.165, 1.54) is 35.3 Å². The van der Waals surface area contributed by atoms with Crippen molar-refractivity contribution < 1.29 is 4.52 Å². The van der Waals surface area contributed by atoms with Gasteiger partial charge >= 0.3 is 0 Å². The largest absolute Gasteiger partial charge is 0.338 e. The molecule has 0 radical (unpaired) electrons. The lowest BCUT2D eigenvalue weighted by Crippen LogP contribution is -2.24. The standard InChI is InChI=1S/C16H21N3OS/c1-11(17-2)8-15-18-16(20-19-15)10-21-14-7-6-12-4-3-5-13(12)9-14/h6-7,9,11,17H,3-5,8,10H2,1-2H3. The molecule has 4 nitrogen and oxygen atoms in total. The van der Waals surface area contributed by atoms with Gasteiger partial charge in [-0.05, 0) is 56.5 Å². The highest BCUT2D eigenvalue weighted by atomic mass is 32.2. The Morgan fingerprint density at radius 3 is 3.05 bits per heavy atom. The van der Waals surface area contributed by atoms with Crippen molar-refractivity contribution in [3.05, 3.63) is 41.0 Å². The Hall–Kier alpha value is -1.33. The van der Waals surface area contributed by atoms with E-state index in [1.807, 2.05) is 7.05 Å². The van der Waals surface area contributed by atoms with Crippen LogP contribution >= 0.6 is 11.8 Å². The molecule has 0 amide bonds. The summed E-state index contributed by atoms with van der Waals surface area (Å²) in [6.07, 6.45) is 4.54. The molecule has 3 rings (SSSR count). The van der Waals surface area contributed by atoms with E-state index in [4.69, 9.17) is 4.52 Å². The Morgan fingerprint density at radius 2 is 2.19 bits per heavy atom. The maximum Gasteiger partial charge on any atom is 0.237 e. The second kappa shape index (κ2) is 6.62. The van der Waals surface area contributed by atoms with Crippen LogP contribution in [0.15, 0.2) is 27.6 Å². The van der Waals surface area contributed by atoms with Gasteiger partial charge in [0.2, 0.25) is 5.89 Å². The maximum absolute atomic E-state index is 5.31. The van der Waals surface area contributed by atoms with Crippen LogP contribution in [0.25, 0.3) is 0 Å². The molecule has 0 aliphatic heterocycles. The minimum absolute atomic E-state index is 0.361. The van der Waals surface area contributed by atoms with Gasteiger partial charge in [0.25, 0.3) is 0 Å². The second-order valence-corrected chi connectivity index (χ2v) is 6.62. The first-order valence-corrected chi connectivity index (χ1v) is 8.46. The molecule has 1 N–H and O–H groups in total. The van der Waals surface area contributed by atoms with Crippen LogP contribution in [-0.4, -0.2) is 23.2 Å². The first-order chi connectivity index (χ1) is 10.2. The third-order valence-electron chi connectivity index (χ3n) is 3.92. The molecule has 0 spiro atoms. The highest BCUT2D eigenvalue weighted by molar-refractivity contribution is 7.98. The normalized spacial score (nSPS) is 15.1. The topological polar surface area (TPSA) is 51.0 Å². The van der Waals surface area contributed by atoms with Crippen LogP contribution in [0.1, 0.15) is 36.2 Å². The molecule has 0 bridgehead atoms. The van der Waals surface area contributed by atoms with Gasteiger partial charge in [0, 0.05) is 17.4 Å². The summed E-state index contributed by atoms with van der Waals surface area (Å²) in [4.78, 5) is 5.74. The molecule has 21 heavy (non-hydrogen) atoms. The zero-order valence-electron chi connectivity index (χ0n) is 12.6. The Kier molecular flexibility index (Phi) is 4.60. The molecular formula is C16H21N3OS. The number of fused-ring (bicyclic) bond motifs is 1. The summed E-state index contributed by atoms with van der Waals surface area (Å²) >= 11 is 1.77. The van der Waals surface area contributed by atoms with Crippen LogP contribution in [0, 0.1) is 0 Å². The SMILES string of the molecule is CNC(C)Cc1noc(CSc2ccc3c(c2)CCC3)n1. The number of likely N-dealkylation sites (N-methyl/N-ethyl adjacent to an activating group) is 1. The van der Waals surface area contributed by atoms with Gasteiger partial charge in [-0.15, -0.1) is 11.8 Å². The molecule has 1 heterocycles. The Bertz CT molecular complexity index is 611. The number of hydrogen-bond donors (Lipinski definition) is 1. The fraction of sp³-hybridized carbons (Fsp3) is 0.500. The van der Waals surface area contributed by atoms with Gasteiger partial charge in [-0.2, -0.15) is 4.98 Å². The van der Waals surface area contributed by atoms with Crippen molar-refractivity contribution in [2.45, 2.75) is 49.3 Å². The van der Waals surface area contributed by atoms with Gasteiger partial charge in [0.05, 0.1) is 5.75 Å². The van der Waals surface area contributed by atoms with Crippen molar-refractivity contribution in [2.75, 3.05) is 7.05 Å². The van der Waals surface area contributed by atoms with Gasteiger partial charge in [-0.1, -0.05) is 11.2 Å². The average Bonchev–Trinajstić information content (AvgIpc) is 3.13. The minimum Gasteiger partial charge on any atom is -0.338 e. The van der Waals surface area contributed by atoms with E-state index in [1.54, 1.807) is 11.8 Å². The summed E-state index contributed by atoms with van der Waals surface area (Å²) in [7, 11) is 1.94. The summed E-state index contributed by atoms with van der Waals surface area (Å²) < 4.78 is 5.31. The monoisotopic (exact) mass is 303 g/mol. The zero-order chi connectivity index (χ0) is 14.7. The van der Waals surface area contributed by atoms with E-state index < -0.39 is 0 Å². The highest BCUT2D eigenvalue weighted by Crippen LogP contribution is 2.29. The van der Waals surface area contributed by atoms with E-state index in [9.17, 15) is 0 Å². The van der Waals surface area contributed by atoms with Crippen molar-refractivity contribution in [1.29, 1.82) is 0 Å². The smallest absolute Gasteiger partial charge is 0.237 e. The summed E-state index contributed by atoms with van der Waals surface area (Å²) in [6.45, 7) is 2.11. The number of hydrogen-bond acceptors (Lipinski definition) is 5. The molecule has 1 aliphatic rings. The second-order valence-electron chi connectivity index (χ2n) is 5.57. The van der Waals surface area contributed by atoms with Crippen LogP contribution in [-0.2, 0) is 25.0 Å². The fourth-order valence-corrected chi connectivity index (χ4v) is 3.39. The van der Waals surface area contributed by atoms with Gasteiger partial charge in [0.1, 0.15) is 0 Å². The van der Waals surface area contributed by atoms with Crippen molar-refractivity contribution in [3.63, 3.8) is 0 Å². The first kappa shape index (κ1) is 14.6. The number of rotatable bonds is 6. The third kappa shape index (κ3) is 3.66. The van der Waals surface area contributed by atoms with E-state index >= 15 is 0 Å². The van der Waals surface area contributed by atoms with Crippen molar-refractivity contribution in [3.8, 4) is 0 Å². The van der Waals surface area contributed by atoms with E-state index in [-0.39, 0.29) is 0 Å². The van der Waals surface area contributed by atoms with Gasteiger partial charge in [-0.25, -0.2) is 0 Å². The summed E-state index contributed by atoms with van der Waals surface area (Å²) in [5.74, 6) is 2.22. The third-order valence-corrected chi connectivity index (χ3v) is 4.90. The molecule has 1 aromatic carbocycles. The predicted molar refractivity (Wildman–Crippen MR) is 84.6 cm³/mol.